The Balaban J connectivity index is 0.000000349. The van der Waals surface area contributed by atoms with Crippen LogP contribution in [0.2, 0.25) is 0 Å². The van der Waals surface area contributed by atoms with Crippen molar-refractivity contribution in [2.45, 2.75) is 31.2 Å². The lowest BCUT2D eigenvalue weighted by molar-refractivity contribution is 0.159. The fourth-order valence-corrected chi connectivity index (χ4v) is 5.62. The largest absolute Gasteiger partial charge is 0.490 e. The number of ether oxygens (including phenoxy) is 1. The summed E-state index contributed by atoms with van der Waals surface area (Å²) in [5, 5.41) is 13.7. The number of likely N-dealkylation sites (tertiary alicyclic amines) is 1. The van der Waals surface area contributed by atoms with Crippen molar-refractivity contribution in [3.8, 4) is 34.5 Å². The quantitative estimate of drug-likeness (QED) is 0.218. The molecule has 0 aliphatic carbocycles. The Morgan fingerprint density at radius 3 is 2.31 bits per heavy atom. The number of nitrogens with zero attached hydrogens (tertiary/aromatic N) is 6. The molecule has 2 aromatic heterocycles. The third-order valence-electron chi connectivity index (χ3n) is 7.94. The predicted molar refractivity (Wildman–Crippen MR) is 182 cm³/mol. The lowest BCUT2D eigenvalue weighted by Crippen LogP contribution is -2.32. The highest BCUT2D eigenvalue weighted by Crippen LogP contribution is 2.22. The molecule has 1 N–H and O–H groups in total. The van der Waals surface area contributed by atoms with E-state index < -0.39 is 10.1 Å². The Bertz CT molecular complexity index is 2050. The number of benzene rings is 3. The zero-order chi connectivity index (χ0) is 34.1. The zero-order valence-corrected chi connectivity index (χ0v) is 27.5. The average Bonchev–Trinajstić information content (AvgIpc) is 3.09. The molecule has 0 radical (unpaired) electrons. The number of hydrogen-bond acceptors (Lipinski definition) is 9. The molecule has 0 saturated carbocycles. The Labute approximate surface area is 279 Å². The van der Waals surface area contributed by atoms with Gasteiger partial charge >= 0.3 is 0 Å². The number of aryl methyl sites for hydroxylation is 1. The van der Waals surface area contributed by atoms with E-state index in [1.54, 1.807) is 48.8 Å². The van der Waals surface area contributed by atoms with Gasteiger partial charge in [-0.1, -0.05) is 48.0 Å². The van der Waals surface area contributed by atoms with Crippen molar-refractivity contribution in [3.63, 3.8) is 0 Å². The summed E-state index contributed by atoms with van der Waals surface area (Å²) in [6.07, 6.45) is 5.73. The van der Waals surface area contributed by atoms with Gasteiger partial charge in [0.25, 0.3) is 15.7 Å². The lowest BCUT2D eigenvalue weighted by atomic mass is 9.98. The minimum Gasteiger partial charge on any atom is -0.490 e. The van der Waals surface area contributed by atoms with E-state index in [0.717, 1.165) is 48.2 Å². The second-order valence-corrected chi connectivity index (χ2v) is 13.1. The third kappa shape index (κ3) is 9.42. The molecule has 0 amide bonds. The fourth-order valence-electron chi connectivity index (χ4n) is 5.14. The molecule has 0 atom stereocenters. The van der Waals surface area contributed by atoms with Crippen molar-refractivity contribution in [3.05, 3.63) is 124 Å². The van der Waals surface area contributed by atoms with Crippen LogP contribution in [0.3, 0.4) is 0 Å². The normalized spacial score (nSPS) is 13.6. The van der Waals surface area contributed by atoms with Crippen molar-refractivity contribution in [2.75, 3.05) is 26.7 Å². The van der Waals surface area contributed by atoms with E-state index in [9.17, 15) is 18.5 Å². The topological polar surface area (TPSA) is 151 Å². The van der Waals surface area contributed by atoms with Crippen molar-refractivity contribution in [1.29, 1.82) is 5.26 Å². The van der Waals surface area contributed by atoms with Crippen LogP contribution in [0.5, 0.6) is 5.75 Å². The first kappa shape index (κ1) is 34.1. The van der Waals surface area contributed by atoms with E-state index in [0.29, 0.717) is 41.9 Å². The summed E-state index contributed by atoms with van der Waals surface area (Å²) in [5.41, 5.74) is 4.47. The Hall–Kier alpha value is -5.22. The number of nitriles is 1. The van der Waals surface area contributed by atoms with Crippen LogP contribution in [0.15, 0.2) is 107 Å². The van der Waals surface area contributed by atoms with E-state index in [2.05, 4.69) is 33.1 Å². The number of rotatable bonds is 8. The smallest absolute Gasteiger partial charge is 0.294 e. The van der Waals surface area contributed by atoms with Gasteiger partial charge in [0.15, 0.2) is 11.6 Å². The Morgan fingerprint density at radius 1 is 0.938 bits per heavy atom. The van der Waals surface area contributed by atoms with Gasteiger partial charge in [-0.05, 0) is 87.8 Å². The van der Waals surface area contributed by atoms with Crippen LogP contribution in [0.25, 0.3) is 22.6 Å². The minimum absolute atomic E-state index is 0.0666. The maximum atomic E-state index is 12.5. The number of piperidine rings is 1. The van der Waals surface area contributed by atoms with E-state index in [1.807, 2.05) is 37.3 Å². The number of hydrogen-bond donors (Lipinski definition) is 1. The van der Waals surface area contributed by atoms with E-state index in [1.165, 1.54) is 22.9 Å². The van der Waals surface area contributed by atoms with Gasteiger partial charge in [0.05, 0.1) is 47.8 Å². The van der Waals surface area contributed by atoms with Crippen LogP contribution in [0.1, 0.15) is 29.5 Å². The molecule has 3 heterocycles. The zero-order valence-electron chi connectivity index (χ0n) is 26.7. The van der Waals surface area contributed by atoms with Gasteiger partial charge in [-0.2, -0.15) is 18.8 Å². The van der Waals surface area contributed by atoms with Crippen LogP contribution < -0.4 is 10.3 Å². The molecule has 6 rings (SSSR count). The molecule has 1 saturated heterocycles. The highest BCUT2D eigenvalue weighted by molar-refractivity contribution is 7.85. The van der Waals surface area contributed by atoms with E-state index >= 15 is 0 Å². The van der Waals surface area contributed by atoms with Crippen LogP contribution >= 0.6 is 0 Å². The summed E-state index contributed by atoms with van der Waals surface area (Å²) in [6.45, 7) is 5.05. The highest BCUT2D eigenvalue weighted by atomic mass is 32.2. The molecule has 1 aliphatic heterocycles. The van der Waals surface area contributed by atoms with Gasteiger partial charge in [0.1, 0.15) is 0 Å². The van der Waals surface area contributed by atoms with Crippen molar-refractivity contribution in [2.24, 2.45) is 5.92 Å². The molecular formula is C36H36N6O5S. The van der Waals surface area contributed by atoms with Gasteiger partial charge in [0.2, 0.25) is 0 Å². The molecule has 1 aliphatic rings. The molecule has 3 aromatic carbocycles. The predicted octanol–water partition coefficient (Wildman–Crippen LogP) is 5.25. The van der Waals surface area contributed by atoms with Crippen molar-refractivity contribution in [1.82, 2.24) is 24.6 Å². The molecule has 11 nitrogen and oxygen atoms in total. The summed E-state index contributed by atoms with van der Waals surface area (Å²) >= 11 is 0. The van der Waals surface area contributed by atoms with Gasteiger partial charge in [-0.3, -0.25) is 9.35 Å². The second-order valence-electron chi connectivity index (χ2n) is 11.7. The summed E-state index contributed by atoms with van der Waals surface area (Å²) in [6, 6.07) is 26.2. The van der Waals surface area contributed by atoms with Crippen LogP contribution in [-0.2, 0) is 16.7 Å². The molecule has 0 unspecified atom stereocenters. The van der Waals surface area contributed by atoms with Gasteiger partial charge < -0.3 is 9.64 Å². The maximum absolute atomic E-state index is 12.5. The van der Waals surface area contributed by atoms with Crippen LogP contribution in [-0.4, -0.2) is 64.4 Å². The molecule has 12 heteroatoms. The van der Waals surface area contributed by atoms with Crippen LogP contribution in [0.4, 0.5) is 0 Å². The molecule has 5 aromatic rings. The first-order valence-corrected chi connectivity index (χ1v) is 16.9. The Morgan fingerprint density at radius 2 is 1.62 bits per heavy atom. The van der Waals surface area contributed by atoms with Gasteiger partial charge in [-0.25, -0.2) is 14.6 Å². The Kier molecular flexibility index (Phi) is 11.1. The molecule has 246 valence electrons. The van der Waals surface area contributed by atoms with Crippen LogP contribution in [0, 0.1) is 24.2 Å². The molecular weight excluding hydrogens is 629 g/mol. The number of aromatic nitrogens is 4. The van der Waals surface area contributed by atoms with Crippen molar-refractivity contribution >= 4 is 10.1 Å². The molecule has 48 heavy (non-hydrogen) atoms. The maximum Gasteiger partial charge on any atom is 0.294 e. The van der Waals surface area contributed by atoms with E-state index in [-0.39, 0.29) is 10.5 Å². The third-order valence-corrected chi connectivity index (χ3v) is 8.81. The van der Waals surface area contributed by atoms with E-state index in [4.69, 9.17) is 9.29 Å². The summed E-state index contributed by atoms with van der Waals surface area (Å²) in [7, 11) is -1.87. The lowest BCUT2D eigenvalue weighted by Gasteiger charge is -2.28. The first-order valence-electron chi connectivity index (χ1n) is 15.4. The second kappa shape index (κ2) is 15.6. The summed E-state index contributed by atoms with van der Waals surface area (Å²) in [5.74, 6) is 1.83. The summed E-state index contributed by atoms with van der Waals surface area (Å²) in [4.78, 5) is 23.8. The minimum atomic E-state index is -4.02. The van der Waals surface area contributed by atoms with Crippen molar-refractivity contribution < 1.29 is 17.7 Å². The van der Waals surface area contributed by atoms with Gasteiger partial charge in [0, 0.05) is 17.2 Å². The molecule has 0 bridgehead atoms. The SMILES string of the molecule is CN1CCC(COc2cnc(-c3cccc(Cn4nc(-c5cccc(C#N)c5)ccc4=O)c3)nc2)CC1.Cc1ccc(S(=O)(=O)O)cc1. The molecule has 0 spiro atoms. The fraction of sp³-hybridized carbons (Fsp3) is 0.250. The average molecular weight is 665 g/mol. The first-order chi connectivity index (χ1) is 23.1. The highest BCUT2D eigenvalue weighted by Gasteiger charge is 2.17. The monoisotopic (exact) mass is 664 g/mol. The standard InChI is InChI=1S/C29H28N6O2.C7H8O3S/c1-34-12-10-21(11-13-34)20-37-26-17-31-29(32-18-26)25-7-3-5-23(15-25)19-35-28(36)9-8-27(33-35)24-6-2-4-22(14-24)16-30;1-6-2-4-7(5-3-6)11(8,9)10/h2-9,14-15,17-18,21H,10-13,19-20H2,1H3;2-5H,1H3,(H,8,9,10). The van der Waals surface area contributed by atoms with Gasteiger partial charge in [-0.15, -0.1) is 0 Å². The summed E-state index contributed by atoms with van der Waals surface area (Å²) < 4.78 is 36.9. The molecule has 1 fully saturated rings.